The molecule has 1 rings (SSSR count). The maximum Gasteiger partial charge on any atom is 0.273 e. The number of para-hydroxylation sites is 1. The van der Waals surface area contributed by atoms with Gasteiger partial charge in [-0.25, -0.2) is 0 Å². The number of rotatable bonds is 8. The van der Waals surface area contributed by atoms with Crippen molar-refractivity contribution in [3.8, 4) is 0 Å². The molecule has 104 valence electrons. The Morgan fingerprint density at radius 1 is 1.26 bits per heavy atom. The Labute approximate surface area is 111 Å². The van der Waals surface area contributed by atoms with Gasteiger partial charge >= 0.3 is 0 Å². The number of nitro benzene ring substituents is 1. The fourth-order valence-corrected chi connectivity index (χ4v) is 1.72. The number of aliphatic hydroxyl groups excluding tert-OH is 1. The fraction of sp³-hybridized carbons (Fsp3) is 0.462. The van der Waals surface area contributed by atoms with Crippen LogP contribution in [0.2, 0.25) is 0 Å². The van der Waals surface area contributed by atoms with E-state index in [1.165, 1.54) is 6.07 Å². The Morgan fingerprint density at radius 2 is 2.00 bits per heavy atom. The van der Waals surface area contributed by atoms with Crippen LogP contribution in [-0.2, 0) is 11.2 Å². The van der Waals surface area contributed by atoms with Gasteiger partial charge in [-0.3, -0.25) is 14.9 Å². The van der Waals surface area contributed by atoms with Crippen molar-refractivity contribution in [2.75, 3.05) is 13.2 Å². The summed E-state index contributed by atoms with van der Waals surface area (Å²) in [5.74, 6) is -0.224. The van der Waals surface area contributed by atoms with Gasteiger partial charge in [0.1, 0.15) is 0 Å². The molecule has 0 radical (unpaired) electrons. The van der Waals surface area contributed by atoms with Crippen LogP contribution in [0.1, 0.15) is 24.8 Å². The average Bonchev–Trinajstić information content (AvgIpc) is 2.39. The van der Waals surface area contributed by atoms with Crippen LogP contribution in [0.15, 0.2) is 24.3 Å². The van der Waals surface area contributed by atoms with Crippen molar-refractivity contribution in [1.29, 1.82) is 0 Å². The molecule has 0 saturated heterocycles. The SMILES string of the molecule is O=C(Cc1ccccc1[N+](=O)[O-])NCCCCCO. The van der Waals surface area contributed by atoms with E-state index in [0.29, 0.717) is 12.1 Å². The lowest BCUT2D eigenvalue weighted by Crippen LogP contribution is -2.26. The third-order valence-corrected chi connectivity index (χ3v) is 2.70. The first-order valence-electron chi connectivity index (χ1n) is 6.25. The molecular formula is C13H18N2O4. The monoisotopic (exact) mass is 266 g/mol. The number of nitrogens with one attached hydrogen (secondary N) is 1. The molecule has 1 amide bonds. The summed E-state index contributed by atoms with van der Waals surface area (Å²) in [6, 6.07) is 6.23. The van der Waals surface area contributed by atoms with E-state index in [1.807, 2.05) is 0 Å². The normalized spacial score (nSPS) is 10.2. The fourth-order valence-electron chi connectivity index (χ4n) is 1.72. The quantitative estimate of drug-likeness (QED) is 0.423. The minimum atomic E-state index is -0.482. The molecule has 0 aliphatic rings. The zero-order chi connectivity index (χ0) is 14.1. The Morgan fingerprint density at radius 3 is 2.68 bits per heavy atom. The molecule has 6 heteroatoms. The lowest BCUT2D eigenvalue weighted by atomic mass is 10.1. The highest BCUT2D eigenvalue weighted by Crippen LogP contribution is 2.17. The summed E-state index contributed by atoms with van der Waals surface area (Å²) in [4.78, 5) is 21.9. The van der Waals surface area contributed by atoms with Crippen molar-refractivity contribution in [2.24, 2.45) is 0 Å². The number of unbranched alkanes of at least 4 members (excludes halogenated alkanes) is 2. The Kier molecular flexibility index (Phi) is 6.52. The molecule has 0 fully saturated rings. The Bertz CT molecular complexity index is 434. The molecule has 0 heterocycles. The lowest BCUT2D eigenvalue weighted by Gasteiger charge is -2.05. The number of aliphatic hydroxyl groups is 1. The molecule has 0 atom stereocenters. The van der Waals surface area contributed by atoms with Crippen molar-refractivity contribution in [2.45, 2.75) is 25.7 Å². The number of benzene rings is 1. The minimum absolute atomic E-state index is 0.0111. The third-order valence-electron chi connectivity index (χ3n) is 2.70. The highest BCUT2D eigenvalue weighted by atomic mass is 16.6. The van der Waals surface area contributed by atoms with Gasteiger partial charge in [0.2, 0.25) is 5.91 Å². The second kappa shape index (κ2) is 8.20. The van der Waals surface area contributed by atoms with Crippen LogP contribution < -0.4 is 5.32 Å². The highest BCUT2D eigenvalue weighted by Gasteiger charge is 2.14. The molecule has 1 aromatic carbocycles. The zero-order valence-electron chi connectivity index (χ0n) is 10.7. The van der Waals surface area contributed by atoms with E-state index >= 15 is 0 Å². The molecule has 0 bridgehead atoms. The Balaban J connectivity index is 2.42. The van der Waals surface area contributed by atoms with Crippen LogP contribution >= 0.6 is 0 Å². The first-order chi connectivity index (χ1) is 9.15. The van der Waals surface area contributed by atoms with Crippen LogP contribution in [-0.4, -0.2) is 29.1 Å². The van der Waals surface area contributed by atoms with E-state index < -0.39 is 4.92 Å². The van der Waals surface area contributed by atoms with Crippen molar-refractivity contribution in [1.82, 2.24) is 5.32 Å². The molecule has 19 heavy (non-hydrogen) atoms. The Hall–Kier alpha value is -1.95. The molecule has 0 aliphatic carbocycles. The molecular weight excluding hydrogens is 248 g/mol. The van der Waals surface area contributed by atoms with Crippen LogP contribution in [0.4, 0.5) is 5.69 Å². The molecule has 0 spiro atoms. The maximum atomic E-state index is 11.6. The first kappa shape index (κ1) is 15.1. The number of carbonyl (C=O) groups is 1. The van der Waals surface area contributed by atoms with Gasteiger partial charge in [0, 0.05) is 24.8 Å². The molecule has 0 saturated carbocycles. The smallest absolute Gasteiger partial charge is 0.273 e. The number of amides is 1. The summed E-state index contributed by atoms with van der Waals surface area (Å²) < 4.78 is 0. The largest absolute Gasteiger partial charge is 0.396 e. The summed E-state index contributed by atoms with van der Waals surface area (Å²) in [5.41, 5.74) is 0.387. The van der Waals surface area contributed by atoms with Crippen LogP contribution in [0.5, 0.6) is 0 Å². The van der Waals surface area contributed by atoms with Crippen LogP contribution in [0, 0.1) is 10.1 Å². The van der Waals surface area contributed by atoms with Gasteiger partial charge in [-0.15, -0.1) is 0 Å². The summed E-state index contributed by atoms with van der Waals surface area (Å²) in [7, 11) is 0. The van der Waals surface area contributed by atoms with Crippen molar-refractivity contribution >= 4 is 11.6 Å². The van der Waals surface area contributed by atoms with Gasteiger partial charge in [0.05, 0.1) is 11.3 Å². The third kappa shape index (κ3) is 5.48. The number of carbonyl (C=O) groups excluding carboxylic acids is 1. The lowest BCUT2D eigenvalue weighted by molar-refractivity contribution is -0.385. The molecule has 0 unspecified atom stereocenters. The van der Waals surface area contributed by atoms with Gasteiger partial charge in [-0.05, 0) is 19.3 Å². The summed E-state index contributed by atoms with van der Waals surface area (Å²) >= 11 is 0. The predicted molar refractivity (Wildman–Crippen MR) is 70.7 cm³/mol. The van der Waals surface area contributed by atoms with E-state index in [4.69, 9.17) is 5.11 Å². The standard InChI is InChI=1S/C13H18N2O4/c16-9-5-1-4-8-14-13(17)10-11-6-2-3-7-12(11)15(18)19/h2-3,6-7,16H,1,4-5,8-10H2,(H,14,17). The number of nitrogens with zero attached hydrogens (tertiary/aromatic N) is 1. The van der Waals surface area contributed by atoms with Gasteiger partial charge in [-0.2, -0.15) is 0 Å². The number of hydrogen-bond donors (Lipinski definition) is 2. The summed E-state index contributed by atoms with van der Waals surface area (Å²) in [6.45, 7) is 0.684. The molecule has 0 aromatic heterocycles. The maximum absolute atomic E-state index is 11.6. The molecule has 6 nitrogen and oxygen atoms in total. The van der Waals surface area contributed by atoms with Gasteiger partial charge in [0.25, 0.3) is 5.69 Å². The molecule has 2 N–H and O–H groups in total. The van der Waals surface area contributed by atoms with Crippen LogP contribution in [0.3, 0.4) is 0 Å². The van der Waals surface area contributed by atoms with Gasteiger partial charge in [-0.1, -0.05) is 18.2 Å². The molecule has 1 aromatic rings. The van der Waals surface area contributed by atoms with E-state index in [0.717, 1.165) is 19.3 Å². The van der Waals surface area contributed by atoms with E-state index in [9.17, 15) is 14.9 Å². The first-order valence-corrected chi connectivity index (χ1v) is 6.25. The average molecular weight is 266 g/mol. The van der Waals surface area contributed by atoms with Gasteiger partial charge < -0.3 is 10.4 Å². The topological polar surface area (TPSA) is 92.5 Å². The second-order valence-corrected chi connectivity index (χ2v) is 4.20. The van der Waals surface area contributed by atoms with E-state index in [-0.39, 0.29) is 24.6 Å². The van der Waals surface area contributed by atoms with E-state index in [1.54, 1.807) is 18.2 Å². The number of nitro groups is 1. The van der Waals surface area contributed by atoms with Crippen molar-refractivity contribution < 1.29 is 14.8 Å². The van der Waals surface area contributed by atoms with Crippen LogP contribution in [0.25, 0.3) is 0 Å². The summed E-state index contributed by atoms with van der Waals surface area (Å²) in [5, 5.41) is 22.1. The zero-order valence-corrected chi connectivity index (χ0v) is 10.7. The van der Waals surface area contributed by atoms with Crippen molar-refractivity contribution in [3.05, 3.63) is 39.9 Å². The number of hydrogen-bond acceptors (Lipinski definition) is 4. The second-order valence-electron chi connectivity index (χ2n) is 4.20. The van der Waals surface area contributed by atoms with E-state index in [2.05, 4.69) is 5.32 Å². The predicted octanol–water partition coefficient (Wildman–Crippen LogP) is 1.42. The highest BCUT2D eigenvalue weighted by molar-refractivity contribution is 5.79. The van der Waals surface area contributed by atoms with Gasteiger partial charge in [0.15, 0.2) is 0 Å². The molecule has 0 aliphatic heterocycles. The van der Waals surface area contributed by atoms with Crippen molar-refractivity contribution in [3.63, 3.8) is 0 Å². The summed E-state index contributed by atoms with van der Waals surface area (Å²) in [6.07, 6.45) is 2.38. The minimum Gasteiger partial charge on any atom is -0.396 e.